The van der Waals surface area contributed by atoms with Gasteiger partial charge in [0.2, 0.25) is 5.88 Å². The molecule has 0 fully saturated rings. The SMILES string of the molecule is Cc1ccc(=O)n(CCNC(=O)c2cc(OCc3ccccc3)ncn2)n1. The first-order chi connectivity index (χ1) is 13.1. The number of aryl methyl sites for hydroxylation is 1. The minimum Gasteiger partial charge on any atom is -0.473 e. The number of benzene rings is 1. The fourth-order valence-electron chi connectivity index (χ4n) is 2.35. The topological polar surface area (TPSA) is 99.0 Å². The van der Waals surface area contributed by atoms with Crippen molar-refractivity contribution in [2.24, 2.45) is 0 Å². The van der Waals surface area contributed by atoms with Crippen molar-refractivity contribution >= 4 is 5.91 Å². The van der Waals surface area contributed by atoms with Crippen molar-refractivity contribution in [3.8, 4) is 5.88 Å². The van der Waals surface area contributed by atoms with E-state index in [0.717, 1.165) is 11.3 Å². The van der Waals surface area contributed by atoms with Gasteiger partial charge >= 0.3 is 0 Å². The minimum absolute atomic E-state index is 0.192. The molecule has 0 aliphatic rings. The van der Waals surface area contributed by atoms with E-state index < -0.39 is 0 Å². The van der Waals surface area contributed by atoms with Gasteiger partial charge in [0.25, 0.3) is 11.5 Å². The molecule has 0 atom stereocenters. The van der Waals surface area contributed by atoms with Crippen molar-refractivity contribution in [2.75, 3.05) is 6.54 Å². The predicted molar refractivity (Wildman–Crippen MR) is 98.4 cm³/mol. The summed E-state index contributed by atoms with van der Waals surface area (Å²) in [6, 6.07) is 14.2. The molecule has 2 aromatic heterocycles. The molecule has 3 rings (SSSR count). The lowest BCUT2D eigenvalue weighted by Gasteiger charge is -2.08. The van der Waals surface area contributed by atoms with Crippen molar-refractivity contribution in [3.05, 3.63) is 82.2 Å². The first kappa shape index (κ1) is 18.2. The van der Waals surface area contributed by atoms with Crippen LogP contribution >= 0.6 is 0 Å². The van der Waals surface area contributed by atoms with Crippen LogP contribution in [0.15, 0.2) is 59.7 Å². The Morgan fingerprint density at radius 2 is 1.96 bits per heavy atom. The van der Waals surface area contributed by atoms with Crippen LogP contribution in [0, 0.1) is 6.92 Å². The summed E-state index contributed by atoms with van der Waals surface area (Å²) < 4.78 is 6.91. The molecule has 0 saturated carbocycles. The van der Waals surface area contributed by atoms with Crippen LogP contribution in [0.4, 0.5) is 0 Å². The fraction of sp³-hybridized carbons (Fsp3) is 0.211. The van der Waals surface area contributed by atoms with E-state index in [9.17, 15) is 9.59 Å². The lowest BCUT2D eigenvalue weighted by molar-refractivity contribution is 0.0946. The van der Waals surface area contributed by atoms with Crippen molar-refractivity contribution in [1.82, 2.24) is 25.1 Å². The molecule has 0 aliphatic carbocycles. The monoisotopic (exact) mass is 365 g/mol. The second-order valence-corrected chi connectivity index (χ2v) is 5.81. The summed E-state index contributed by atoms with van der Waals surface area (Å²) in [5, 5.41) is 6.83. The number of aromatic nitrogens is 4. The third-order valence-corrected chi connectivity index (χ3v) is 3.71. The Hall–Kier alpha value is -3.55. The van der Waals surface area contributed by atoms with Crippen LogP contribution in [0.3, 0.4) is 0 Å². The van der Waals surface area contributed by atoms with Gasteiger partial charge in [-0.05, 0) is 18.6 Å². The first-order valence-electron chi connectivity index (χ1n) is 8.43. The molecule has 0 radical (unpaired) electrons. The van der Waals surface area contributed by atoms with E-state index in [0.29, 0.717) is 12.5 Å². The zero-order valence-corrected chi connectivity index (χ0v) is 14.8. The van der Waals surface area contributed by atoms with Gasteiger partial charge in [-0.15, -0.1) is 0 Å². The normalized spacial score (nSPS) is 10.4. The van der Waals surface area contributed by atoms with E-state index in [4.69, 9.17) is 4.74 Å². The maximum absolute atomic E-state index is 12.2. The highest BCUT2D eigenvalue weighted by atomic mass is 16.5. The number of hydrogen-bond donors (Lipinski definition) is 1. The number of carbonyl (C=O) groups is 1. The molecule has 8 nitrogen and oxygen atoms in total. The zero-order valence-electron chi connectivity index (χ0n) is 14.8. The van der Waals surface area contributed by atoms with Gasteiger partial charge in [0.15, 0.2) is 0 Å². The molecule has 8 heteroatoms. The summed E-state index contributed by atoms with van der Waals surface area (Å²) in [6.45, 7) is 2.67. The first-order valence-corrected chi connectivity index (χ1v) is 8.43. The number of ether oxygens (including phenoxy) is 1. The smallest absolute Gasteiger partial charge is 0.270 e. The van der Waals surface area contributed by atoms with Crippen LogP contribution in [-0.4, -0.2) is 32.2 Å². The number of nitrogens with zero attached hydrogens (tertiary/aromatic N) is 4. The van der Waals surface area contributed by atoms with Crippen molar-refractivity contribution in [1.29, 1.82) is 0 Å². The van der Waals surface area contributed by atoms with Gasteiger partial charge < -0.3 is 10.1 Å². The Morgan fingerprint density at radius 1 is 1.15 bits per heavy atom. The second kappa shape index (κ2) is 8.70. The molecule has 0 unspecified atom stereocenters. The van der Waals surface area contributed by atoms with Crippen molar-refractivity contribution < 1.29 is 9.53 Å². The third kappa shape index (κ3) is 5.21. The lowest BCUT2D eigenvalue weighted by atomic mass is 10.2. The molecule has 0 aliphatic heterocycles. The fourth-order valence-corrected chi connectivity index (χ4v) is 2.35. The highest BCUT2D eigenvalue weighted by Crippen LogP contribution is 2.10. The summed E-state index contributed by atoms with van der Waals surface area (Å²) in [5.74, 6) is -0.0572. The van der Waals surface area contributed by atoms with E-state index in [2.05, 4.69) is 20.4 Å². The maximum Gasteiger partial charge on any atom is 0.270 e. The molecule has 1 N–H and O–H groups in total. The average molecular weight is 365 g/mol. The summed E-state index contributed by atoms with van der Waals surface area (Å²) >= 11 is 0. The van der Waals surface area contributed by atoms with Gasteiger partial charge in [-0.1, -0.05) is 30.3 Å². The van der Waals surface area contributed by atoms with Crippen LogP contribution in [0.5, 0.6) is 5.88 Å². The van der Waals surface area contributed by atoms with E-state index in [1.165, 1.54) is 23.1 Å². The average Bonchev–Trinajstić information content (AvgIpc) is 2.70. The summed E-state index contributed by atoms with van der Waals surface area (Å²) in [4.78, 5) is 31.9. The van der Waals surface area contributed by atoms with Crippen LogP contribution < -0.4 is 15.6 Å². The van der Waals surface area contributed by atoms with E-state index in [1.807, 2.05) is 30.3 Å². The summed E-state index contributed by atoms with van der Waals surface area (Å²) in [5.41, 5.74) is 1.71. The van der Waals surface area contributed by atoms with Gasteiger partial charge in [0.05, 0.1) is 12.2 Å². The van der Waals surface area contributed by atoms with Gasteiger partial charge in [-0.2, -0.15) is 5.10 Å². The van der Waals surface area contributed by atoms with Gasteiger partial charge in [-0.25, -0.2) is 14.6 Å². The minimum atomic E-state index is -0.373. The van der Waals surface area contributed by atoms with E-state index >= 15 is 0 Å². The largest absolute Gasteiger partial charge is 0.473 e. The Kier molecular flexibility index (Phi) is 5.88. The van der Waals surface area contributed by atoms with Gasteiger partial charge in [0.1, 0.15) is 18.6 Å². The number of hydrogen-bond acceptors (Lipinski definition) is 6. The van der Waals surface area contributed by atoms with Crippen molar-refractivity contribution in [3.63, 3.8) is 0 Å². The molecule has 0 bridgehead atoms. The molecule has 2 heterocycles. The summed E-state index contributed by atoms with van der Waals surface area (Å²) in [7, 11) is 0. The van der Waals surface area contributed by atoms with Crippen LogP contribution in [-0.2, 0) is 13.2 Å². The van der Waals surface area contributed by atoms with Crippen LogP contribution in [0.1, 0.15) is 21.7 Å². The highest BCUT2D eigenvalue weighted by molar-refractivity contribution is 5.92. The Balaban J connectivity index is 1.55. The quantitative estimate of drug-likeness (QED) is 0.679. The predicted octanol–water partition coefficient (Wildman–Crippen LogP) is 1.35. The zero-order chi connectivity index (χ0) is 19.1. The lowest BCUT2D eigenvalue weighted by Crippen LogP contribution is -2.32. The number of amides is 1. The van der Waals surface area contributed by atoms with Crippen LogP contribution in [0.25, 0.3) is 0 Å². The van der Waals surface area contributed by atoms with Gasteiger partial charge in [0, 0.05) is 18.7 Å². The Bertz CT molecular complexity index is 972. The number of carbonyl (C=O) groups excluding carboxylic acids is 1. The Morgan fingerprint density at radius 3 is 2.78 bits per heavy atom. The molecule has 0 spiro atoms. The van der Waals surface area contributed by atoms with Crippen LogP contribution in [0.2, 0.25) is 0 Å². The molecule has 138 valence electrons. The molecule has 1 aromatic carbocycles. The second-order valence-electron chi connectivity index (χ2n) is 5.81. The standard InChI is InChI=1S/C19H19N5O3/c1-14-7-8-18(25)24(23-14)10-9-20-19(26)16-11-17(22-13-21-16)27-12-15-5-3-2-4-6-15/h2-8,11,13H,9-10,12H2,1H3,(H,20,26). The molecule has 3 aromatic rings. The number of rotatable bonds is 7. The van der Waals surface area contributed by atoms with Crippen molar-refractivity contribution in [2.45, 2.75) is 20.1 Å². The van der Waals surface area contributed by atoms with E-state index in [-0.39, 0.29) is 30.2 Å². The maximum atomic E-state index is 12.2. The molecule has 1 amide bonds. The molecular weight excluding hydrogens is 346 g/mol. The number of nitrogens with one attached hydrogen (secondary N) is 1. The highest BCUT2D eigenvalue weighted by Gasteiger charge is 2.09. The summed E-state index contributed by atoms with van der Waals surface area (Å²) in [6.07, 6.45) is 1.28. The Labute approximate surface area is 155 Å². The molecule has 0 saturated heterocycles. The molecule has 27 heavy (non-hydrogen) atoms. The molecular formula is C19H19N5O3. The third-order valence-electron chi connectivity index (χ3n) is 3.71. The van der Waals surface area contributed by atoms with E-state index in [1.54, 1.807) is 13.0 Å². The van der Waals surface area contributed by atoms with Gasteiger partial charge in [-0.3, -0.25) is 9.59 Å².